The third kappa shape index (κ3) is 5.90. The number of nitrogens with zero attached hydrogens (tertiary/aromatic N) is 3. The van der Waals surface area contributed by atoms with E-state index in [0.717, 1.165) is 29.4 Å². The molecule has 1 aliphatic rings. The Morgan fingerprint density at radius 1 is 1.00 bits per heavy atom. The van der Waals surface area contributed by atoms with Gasteiger partial charge in [0.1, 0.15) is 11.0 Å². The molecule has 184 valence electrons. The van der Waals surface area contributed by atoms with Gasteiger partial charge in [0.25, 0.3) is 0 Å². The first-order chi connectivity index (χ1) is 17.0. The van der Waals surface area contributed by atoms with Crippen molar-refractivity contribution in [1.29, 1.82) is 0 Å². The Labute approximate surface area is 213 Å². The van der Waals surface area contributed by atoms with E-state index in [0.29, 0.717) is 47.1 Å². The van der Waals surface area contributed by atoms with Gasteiger partial charge in [0.05, 0.1) is 32.3 Å². The van der Waals surface area contributed by atoms with Gasteiger partial charge < -0.3 is 29.7 Å². The first-order valence-electron chi connectivity index (χ1n) is 10.9. The van der Waals surface area contributed by atoms with Crippen LogP contribution in [-0.4, -0.2) is 62.8 Å². The second-order valence-electron chi connectivity index (χ2n) is 7.52. The van der Waals surface area contributed by atoms with Gasteiger partial charge in [0.2, 0.25) is 0 Å². The average molecular weight is 516 g/mol. The van der Waals surface area contributed by atoms with Gasteiger partial charge in [-0.2, -0.15) is 0 Å². The van der Waals surface area contributed by atoms with Crippen molar-refractivity contribution in [2.75, 3.05) is 62.3 Å². The highest BCUT2D eigenvalue weighted by Gasteiger charge is 2.21. The summed E-state index contributed by atoms with van der Waals surface area (Å²) in [7, 11) is 3.10. The summed E-state index contributed by atoms with van der Waals surface area (Å²) in [6.45, 7) is 2.80. The van der Waals surface area contributed by atoms with E-state index in [1.165, 1.54) is 11.8 Å². The van der Waals surface area contributed by atoms with E-state index in [4.69, 9.17) is 30.8 Å². The first kappa shape index (κ1) is 24.9. The Balaban J connectivity index is 1.48. The van der Waals surface area contributed by atoms with Crippen LogP contribution in [0.25, 0.3) is 11.4 Å². The molecule has 2 heterocycles. The van der Waals surface area contributed by atoms with E-state index >= 15 is 0 Å². The molecule has 0 atom stereocenters. The van der Waals surface area contributed by atoms with Gasteiger partial charge in [0, 0.05) is 36.1 Å². The number of methoxy groups -OCH3 is 2. The standard InChI is InChI=1S/C24H26ClN5O4S/c1-32-18-9-8-17(14-19(18)33-2)27-24(31)26-16-6-4-15(5-7-16)22-28-21(25)20(35-3)23(29-22)30-10-12-34-13-11-30/h4-9,14H,10-13H2,1-3H3,(H2,26,27,31). The number of thioether (sulfide) groups is 1. The monoisotopic (exact) mass is 515 g/mol. The summed E-state index contributed by atoms with van der Waals surface area (Å²) in [6, 6.07) is 12.0. The maximum Gasteiger partial charge on any atom is 0.323 e. The number of hydrogen-bond acceptors (Lipinski definition) is 8. The van der Waals surface area contributed by atoms with E-state index in [-0.39, 0.29) is 6.03 Å². The fraction of sp³-hybridized carbons (Fsp3) is 0.292. The van der Waals surface area contributed by atoms with Crippen LogP contribution in [0.1, 0.15) is 0 Å². The molecule has 9 nitrogen and oxygen atoms in total. The molecular formula is C24H26ClN5O4S. The van der Waals surface area contributed by atoms with Crippen LogP contribution >= 0.6 is 23.4 Å². The molecule has 1 fully saturated rings. The predicted octanol–water partition coefficient (Wildman–Crippen LogP) is 5.02. The van der Waals surface area contributed by atoms with E-state index < -0.39 is 0 Å². The van der Waals surface area contributed by atoms with Gasteiger partial charge >= 0.3 is 6.03 Å². The number of urea groups is 1. The maximum atomic E-state index is 12.5. The molecule has 0 unspecified atom stereocenters. The molecule has 1 aliphatic heterocycles. The number of rotatable bonds is 7. The smallest absolute Gasteiger partial charge is 0.323 e. The Bertz CT molecular complexity index is 1190. The normalized spacial score (nSPS) is 13.3. The topological polar surface area (TPSA) is 97.8 Å². The lowest BCUT2D eigenvalue weighted by molar-refractivity contribution is 0.122. The molecule has 2 N–H and O–H groups in total. The Kier molecular flexibility index (Phi) is 8.17. The molecule has 0 bridgehead atoms. The third-order valence-electron chi connectivity index (χ3n) is 5.36. The number of amides is 2. The molecule has 0 spiro atoms. The molecule has 1 aromatic heterocycles. The van der Waals surface area contributed by atoms with Crippen LogP contribution in [-0.2, 0) is 4.74 Å². The molecule has 2 amide bonds. The van der Waals surface area contributed by atoms with Crippen LogP contribution in [0.2, 0.25) is 5.15 Å². The lowest BCUT2D eigenvalue weighted by atomic mass is 10.2. The minimum atomic E-state index is -0.386. The number of nitrogens with one attached hydrogen (secondary N) is 2. The summed E-state index contributed by atoms with van der Waals surface area (Å²) < 4.78 is 16.0. The zero-order valence-electron chi connectivity index (χ0n) is 19.6. The molecule has 0 radical (unpaired) electrons. The molecule has 11 heteroatoms. The fourth-order valence-electron chi connectivity index (χ4n) is 3.62. The molecule has 35 heavy (non-hydrogen) atoms. The zero-order chi connectivity index (χ0) is 24.8. The number of aromatic nitrogens is 2. The highest BCUT2D eigenvalue weighted by atomic mass is 35.5. The van der Waals surface area contributed by atoms with E-state index in [2.05, 4.69) is 20.5 Å². The lowest BCUT2D eigenvalue weighted by Gasteiger charge is -2.29. The minimum absolute atomic E-state index is 0.386. The molecule has 3 aromatic rings. The number of benzene rings is 2. The number of carbonyl (C=O) groups excluding carboxylic acids is 1. The van der Waals surface area contributed by atoms with Crippen molar-refractivity contribution >= 4 is 46.6 Å². The maximum absolute atomic E-state index is 12.5. The van der Waals surface area contributed by atoms with Crippen LogP contribution in [0.5, 0.6) is 11.5 Å². The van der Waals surface area contributed by atoms with Gasteiger partial charge in [-0.15, -0.1) is 11.8 Å². The van der Waals surface area contributed by atoms with E-state index in [1.54, 1.807) is 44.6 Å². The van der Waals surface area contributed by atoms with Crippen molar-refractivity contribution in [1.82, 2.24) is 9.97 Å². The van der Waals surface area contributed by atoms with Crippen LogP contribution in [0.3, 0.4) is 0 Å². The summed E-state index contributed by atoms with van der Waals surface area (Å²) in [5.74, 6) is 2.44. The minimum Gasteiger partial charge on any atom is -0.493 e. The number of hydrogen-bond donors (Lipinski definition) is 2. The van der Waals surface area contributed by atoms with Crippen molar-refractivity contribution in [2.45, 2.75) is 4.90 Å². The number of carbonyl (C=O) groups is 1. The largest absolute Gasteiger partial charge is 0.493 e. The van der Waals surface area contributed by atoms with Gasteiger partial charge in [-0.3, -0.25) is 0 Å². The average Bonchev–Trinajstić information content (AvgIpc) is 2.89. The SMILES string of the molecule is COc1ccc(NC(=O)Nc2ccc(-c3nc(Cl)c(SC)c(N4CCOCC4)n3)cc2)cc1OC. The van der Waals surface area contributed by atoms with Gasteiger partial charge in [-0.25, -0.2) is 14.8 Å². The molecule has 4 rings (SSSR count). The number of anilines is 3. The third-order valence-corrected chi connectivity index (χ3v) is 6.53. The second kappa shape index (κ2) is 11.5. The van der Waals surface area contributed by atoms with Crippen LogP contribution < -0.4 is 25.0 Å². The quantitative estimate of drug-likeness (QED) is 0.334. The van der Waals surface area contributed by atoms with Gasteiger partial charge in [-0.1, -0.05) is 11.6 Å². The van der Waals surface area contributed by atoms with E-state index in [9.17, 15) is 4.79 Å². The Hall–Kier alpha value is -3.21. The van der Waals surface area contributed by atoms with Crippen LogP contribution in [0.15, 0.2) is 47.4 Å². The second-order valence-corrected chi connectivity index (χ2v) is 8.70. The van der Waals surface area contributed by atoms with Crippen molar-refractivity contribution in [3.05, 3.63) is 47.6 Å². The van der Waals surface area contributed by atoms with Gasteiger partial charge in [-0.05, 0) is 42.7 Å². The molecule has 1 saturated heterocycles. The summed E-state index contributed by atoms with van der Waals surface area (Å²) in [5.41, 5.74) is 1.98. The Morgan fingerprint density at radius 2 is 1.66 bits per heavy atom. The molecule has 0 saturated carbocycles. The summed E-state index contributed by atoms with van der Waals surface area (Å²) >= 11 is 8.03. The zero-order valence-corrected chi connectivity index (χ0v) is 21.2. The van der Waals surface area contributed by atoms with Crippen LogP contribution in [0.4, 0.5) is 22.0 Å². The molecular weight excluding hydrogens is 490 g/mol. The molecule has 2 aromatic carbocycles. The van der Waals surface area contributed by atoms with Crippen molar-refractivity contribution in [3.8, 4) is 22.9 Å². The lowest BCUT2D eigenvalue weighted by Crippen LogP contribution is -2.37. The fourth-order valence-corrected chi connectivity index (χ4v) is 4.58. The number of halogens is 1. The first-order valence-corrected chi connectivity index (χ1v) is 12.5. The van der Waals surface area contributed by atoms with Crippen molar-refractivity contribution < 1.29 is 19.0 Å². The van der Waals surface area contributed by atoms with Gasteiger partial charge in [0.15, 0.2) is 17.3 Å². The summed E-state index contributed by atoms with van der Waals surface area (Å²) in [6.07, 6.45) is 1.96. The van der Waals surface area contributed by atoms with Crippen LogP contribution in [0, 0.1) is 0 Å². The summed E-state index contributed by atoms with van der Waals surface area (Å²) in [5, 5.41) is 6.01. The predicted molar refractivity (Wildman–Crippen MR) is 139 cm³/mol. The summed E-state index contributed by atoms with van der Waals surface area (Å²) in [4.78, 5) is 24.8. The Morgan fingerprint density at radius 3 is 2.31 bits per heavy atom. The number of ether oxygens (including phenoxy) is 3. The molecule has 0 aliphatic carbocycles. The van der Waals surface area contributed by atoms with Crippen molar-refractivity contribution in [3.63, 3.8) is 0 Å². The number of morpholine rings is 1. The van der Waals surface area contributed by atoms with E-state index in [1.807, 2.05) is 18.4 Å². The highest BCUT2D eigenvalue weighted by Crippen LogP contribution is 2.35. The highest BCUT2D eigenvalue weighted by molar-refractivity contribution is 7.98. The van der Waals surface area contributed by atoms with Crippen molar-refractivity contribution in [2.24, 2.45) is 0 Å².